The van der Waals surface area contributed by atoms with Crippen molar-refractivity contribution in [2.75, 3.05) is 0 Å². The van der Waals surface area contributed by atoms with Crippen LogP contribution in [-0.2, 0) is 0 Å². The Kier molecular flexibility index (Phi) is 6.42. The monoisotopic (exact) mass is 641 g/mol. The third-order valence-corrected chi connectivity index (χ3v) is 9.36. The smallest absolute Gasteiger partial charge is 0.167 e. The molecule has 50 heavy (non-hydrogen) atoms. The van der Waals surface area contributed by atoms with Gasteiger partial charge in [0, 0.05) is 49.4 Å². The second-order valence-electron chi connectivity index (χ2n) is 12.3. The maximum Gasteiger partial charge on any atom is 0.167 e. The van der Waals surface area contributed by atoms with Gasteiger partial charge in [0.2, 0.25) is 0 Å². The maximum atomic E-state index is 6.89. The minimum atomic E-state index is 0.553. The van der Waals surface area contributed by atoms with E-state index in [0.29, 0.717) is 17.5 Å². The zero-order valence-corrected chi connectivity index (χ0v) is 26.7. The highest BCUT2D eigenvalue weighted by atomic mass is 16.3. The summed E-state index contributed by atoms with van der Waals surface area (Å²) < 4.78 is 13.7. The van der Waals surface area contributed by atoms with Gasteiger partial charge in [0.1, 0.15) is 22.3 Å². The topological polar surface area (TPSA) is 65.0 Å². The van der Waals surface area contributed by atoms with Crippen molar-refractivity contribution >= 4 is 43.9 Å². The van der Waals surface area contributed by atoms with Gasteiger partial charge >= 0.3 is 0 Å². The molecule has 0 radical (unpaired) electrons. The van der Waals surface area contributed by atoms with Crippen LogP contribution >= 0.6 is 0 Å². The Morgan fingerprint density at radius 2 is 0.600 bits per heavy atom. The fourth-order valence-electron chi connectivity index (χ4n) is 7.01. The number of para-hydroxylation sites is 4. The SMILES string of the molecule is c1ccc(-c2nc(-c3ccccc3)nc(-c3cccc4c3oc3c(-c5cccc6c5oc5c(-c7ccccc7)cccc56)cccc34)n2)cc1. The van der Waals surface area contributed by atoms with Crippen LogP contribution < -0.4 is 0 Å². The van der Waals surface area contributed by atoms with Crippen LogP contribution in [0.4, 0.5) is 0 Å². The first kappa shape index (κ1) is 28.2. The average Bonchev–Trinajstić information content (AvgIpc) is 3.78. The summed E-state index contributed by atoms with van der Waals surface area (Å²) in [4.78, 5) is 14.9. The van der Waals surface area contributed by atoms with Gasteiger partial charge in [-0.15, -0.1) is 0 Å². The Balaban J connectivity index is 1.19. The molecule has 7 aromatic carbocycles. The van der Waals surface area contributed by atoms with Crippen molar-refractivity contribution in [3.8, 4) is 56.4 Å². The fourth-order valence-corrected chi connectivity index (χ4v) is 7.01. The van der Waals surface area contributed by atoms with Gasteiger partial charge in [0.25, 0.3) is 0 Å². The molecule has 3 aromatic heterocycles. The second kappa shape index (κ2) is 11.4. The molecule has 0 atom stereocenters. The molecule has 10 aromatic rings. The Hall–Kier alpha value is -6.85. The molecule has 0 unspecified atom stereocenters. The molecule has 0 fully saturated rings. The van der Waals surface area contributed by atoms with Crippen LogP contribution in [0.5, 0.6) is 0 Å². The van der Waals surface area contributed by atoms with Gasteiger partial charge in [-0.2, -0.15) is 0 Å². The fraction of sp³-hybridized carbons (Fsp3) is 0. The minimum Gasteiger partial charge on any atom is -0.455 e. The molecule has 5 nitrogen and oxygen atoms in total. The van der Waals surface area contributed by atoms with Gasteiger partial charge in [0.15, 0.2) is 17.5 Å². The number of furan rings is 2. The Morgan fingerprint density at radius 3 is 1.06 bits per heavy atom. The first-order valence-corrected chi connectivity index (χ1v) is 16.6. The molecular formula is C45H27N3O2. The molecule has 10 rings (SSSR count). The lowest BCUT2D eigenvalue weighted by Crippen LogP contribution is -2.00. The molecule has 0 aliphatic carbocycles. The number of hydrogen-bond donors (Lipinski definition) is 0. The number of rotatable bonds is 5. The predicted octanol–water partition coefficient (Wildman–Crippen LogP) is 12.0. The maximum absolute atomic E-state index is 6.89. The minimum absolute atomic E-state index is 0.553. The third-order valence-electron chi connectivity index (χ3n) is 9.36. The zero-order valence-electron chi connectivity index (χ0n) is 26.7. The first-order chi connectivity index (χ1) is 24.8. The van der Waals surface area contributed by atoms with Crippen LogP contribution in [0.15, 0.2) is 173 Å². The van der Waals surface area contributed by atoms with Gasteiger partial charge < -0.3 is 8.83 Å². The second-order valence-corrected chi connectivity index (χ2v) is 12.3. The summed E-state index contributed by atoms with van der Waals surface area (Å²) in [6.07, 6.45) is 0. The number of hydrogen-bond acceptors (Lipinski definition) is 5. The van der Waals surface area contributed by atoms with E-state index >= 15 is 0 Å². The first-order valence-electron chi connectivity index (χ1n) is 16.6. The van der Waals surface area contributed by atoms with Crippen molar-refractivity contribution in [1.29, 1.82) is 0 Å². The summed E-state index contributed by atoms with van der Waals surface area (Å²) in [5.74, 6) is 1.76. The molecule has 0 aliphatic rings. The highest BCUT2D eigenvalue weighted by Gasteiger charge is 2.21. The van der Waals surface area contributed by atoms with Gasteiger partial charge in [-0.25, -0.2) is 15.0 Å². The van der Waals surface area contributed by atoms with Crippen molar-refractivity contribution in [3.63, 3.8) is 0 Å². The standard InChI is InChI=1S/C45H27N3O2/c1-4-14-28(15-5-1)31-20-10-21-32-33-22-11-23-34(40(33)49-39(31)32)35-24-12-25-36-37-26-13-27-38(42(37)50-41(35)36)45-47-43(29-16-6-2-7-17-29)46-44(48-45)30-18-8-3-9-19-30/h1-27H. The molecular weight excluding hydrogens is 615 g/mol. The van der Waals surface area contributed by atoms with Crippen molar-refractivity contribution in [1.82, 2.24) is 15.0 Å². The van der Waals surface area contributed by atoms with Crippen LogP contribution in [0, 0.1) is 0 Å². The Bertz CT molecular complexity index is 2800. The summed E-state index contributed by atoms with van der Waals surface area (Å²) in [5, 5.41) is 4.15. The molecule has 3 heterocycles. The molecule has 0 bridgehead atoms. The number of nitrogens with zero attached hydrogens (tertiary/aromatic N) is 3. The van der Waals surface area contributed by atoms with E-state index < -0.39 is 0 Å². The van der Waals surface area contributed by atoms with Crippen molar-refractivity contribution in [2.45, 2.75) is 0 Å². The van der Waals surface area contributed by atoms with Gasteiger partial charge in [-0.05, 0) is 11.6 Å². The van der Waals surface area contributed by atoms with Gasteiger partial charge in [-0.1, -0.05) is 158 Å². The van der Waals surface area contributed by atoms with E-state index in [1.807, 2.05) is 78.9 Å². The summed E-state index contributed by atoms with van der Waals surface area (Å²) in [7, 11) is 0. The Morgan fingerprint density at radius 1 is 0.260 bits per heavy atom. The lowest BCUT2D eigenvalue weighted by atomic mass is 9.99. The number of aromatic nitrogens is 3. The van der Waals surface area contributed by atoms with E-state index in [-0.39, 0.29) is 0 Å². The Labute approximate surface area is 287 Å². The lowest BCUT2D eigenvalue weighted by Gasteiger charge is -2.08. The molecule has 0 saturated carbocycles. The molecule has 0 aliphatic heterocycles. The van der Waals surface area contributed by atoms with Gasteiger partial charge in [0.05, 0.1) is 5.56 Å². The highest BCUT2D eigenvalue weighted by Crippen LogP contribution is 2.44. The van der Waals surface area contributed by atoms with Crippen molar-refractivity contribution < 1.29 is 8.83 Å². The van der Waals surface area contributed by atoms with Crippen LogP contribution in [0.3, 0.4) is 0 Å². The highest BCUT2D eigenvalue weighted by molar-refractivity contribution is 6.17. The molecule has 0 N–H and O–H groups in total. The molecule has 234 valence electrons. The van der Waals surface area contributed by atoms with E-state index in [0.717, 1.165) is 82.8 Å². The van der Waals surface area contributed by atoms with Crippen molar-refractivity contribution in [3.05, 3.63) is 164 Å². The van der Waals surface area contributed by atoms with E-state index in [9.17, 15) is 0 Å². The van der Waals surface area contributed by atoms with Crippen molar-refractivity contribution in [2.24, 2.45) is 0 Å². The number of fused-ring (bicyclic) bond motifs is 6. The van der Waals surface area contributed by atoms with Crippen LogP contribution in [0.2, 0.25) is 0 Å². The van der Waals surface area contributed by atoms with Crippen LogP contribution in [-0.4, -0.2) is 15.0 Å². The normalized spacial score (nSPS) is 11.6. The number of benzene rings is 7. The third kappa shape index (κ3) is 4.52. The van der Waals surface area contributed by atoms with E-state index in [2.05, 4.69) is 84.9 Å². The lowest BCUT2D eigenvalue weighted by molar-refractivity contribution is 0.666. The predicted molar refractivity (Wildman–Crippen MR) is 202 cm³/mol. The van der Waals surface area contributed by atoms with Crippen LogP contribution in [0.1, 0.15) is 0 Å². The zero-order chi connectivity index (χ0) is 33.0. The summed E-state index contributed by atoms with van der Waals surface area (Å²) in [6.45, 7) is 0. The van der Waals surface area contributed by atoms with E-state index in [1.165, 1.54) is 0 Å². The molecule has 0 amide bonds. The summed E-state index contributed by atoms with van der Waals surface area (Å²) in [6, 6.07) is 55.6. The van der Waals surface area contributed by atoms with E-state index in [1.54, 1.807) is 0 Å². The van der Waals surface area contributed by atoms with Crippen LogP contribution in [0.25, 0.3) is 100 Å². The quantitative estimate of drug-likeness (QED) is 0.187. The van der Waals surface area contributed by atoms with Gasteiger partial charge in [-0.3, -0.25) is 0 Å². The molecule has 0 spiro atoms. The molecule has 5 heteroatoms. The molecule has 0 saturated heterocycles. The average molecular weight is 642 g/mol. The summed E-state index contributed by atoms with van der Waals surface area (Å²) >= 11 is 0. The van der Waals surface area contributed by atoms with E-state index in [4.69, 9.17) is 23.8 Å². The largest absolute Gasteiger partial charge is 0.455 e. The summed E-state index contributed by atoms with van der Waals surface area (Å²) in [5.41, 5.74) is 9.97.